The van der Waals surface area contributed by atoms with E-state index in [0.29, 0.717) is 16.8 Å². The van der Waals surface area contributed by atoms with Crippen molar-refractivity contribution >= 4 is 23.1 Å². The summed E-state index contributed by atoms with van der Waals surface area (Å²) >= 11 is 4.53. The molecule has 0 aromatic heterocycles. The predicted molar refractivity (Wildman–Crippen MR) is 104 cm³/mol. The molecule has 0 fully saturated rings. The van der Waals surface area contributed by atoms with E-state index in [2.05, 4.69) is 34.2 Å². The molecule has 3 aromatic carbocycles. The number of hydrogen-bond acceptors (Lipinski definition) is 2. The third-order valence-corrected chi connectivity index (χ3v) is 3.89. The Labute approximate surface area is 156 Å². The maximum atomic E-state index is 14.4. The van der Waals surface area contributed by atoms with Crippen LogP contribution in [-0.2, 0) is 0 Å². The third kappa shape index (κ3) is 4.10. The fraction of sp³-hybridized carbons (Fsp3) is 0.0455. The zero-order chi connectivity index (χ0) is 18.5. The lowest BCUT2D eigenvalue weighted by molar-refractivity contribution is 0.578. The second-order valence-corrected chi connectivity index (χ2v) is 5.86. The Bertz CT molecular complexity index is 1030. The van der Waals surface area contributed by atoms with E-state index >= 15 is 0 Å². The number of thiocarbonyl (C=S) groups is 1. The predicted octanol–water partition coefficient (Wildman–Crippen LogP) is 6.07. The number of isothiocyanates is 1. The maximum absolute atomic E-state index is 14.4. The van der Waals surface area contributed by atoms with Crippen molar-refractivity contribution in [1.29, 1.82) is 0 Å². The van der Waals surface area contributed by atoms with Gasteiger partial charge < -0.3 is 0 Å². The molecule has 0 radical (unpaired) electrons. The molecule has 0 aliphatic carbocycles. The molecule has 0 amide bonds. The molecule has 26 heavy (non-hydrogen) atoms. The van der Waals surface area contributed by atoms with Crippen molar-refractivity contribution in [2.24, 2.45) is 4.99 Å². The summed E-state index contributed by atoms with van der Waals surface area (Å²) in [6.07, 6.45) is 0. The Hall–Kier alpha value is -3.12. The molecule has 0 N–H and O–H groups in total. The van der Waals surface area contributed by atoms with Gasteiger partial charge in [0, 0.05) is 5.56 Å². The van der Waals surface area contributed by atoms with Gasteiger partial charge in [-0.3, -0.25) is 0 Å². The Morgan fingerprint density at radius 3 is 2.00 bits per heavy atom. The van der Waals surface area contributed by atoms with Crippen LogP contribution in [-0.4, -0.2) is 5.16 Å². The summed E-state index contributed by atoms with van der Waals surface area (Å²) < 4.78 is 28.7. The molecule has 0 atom stereocenters. The van der Waals surface area contributed by atoms with E-state index in [4.69, 9.17) is 0 Å². The minimum absolute atomic E-state index is 0.248. The van der Waals surface area contributed by atoms with Crippen LogP contribution in [0.5, 0.6) is 0 Å². The topological polar surface area (TPSA) is 12.4 Å². The van der Waals surface area contributed by atoms with Crippen LogP contribution in [0, 0.1) is 30.4 Å². The van der Waals surface area contributed by atoms with Crippen LogP contribution in [0.3, 0.4) is 0 Å². The molecule has 1 nitrogen and oxygen atoms in total. The molecule has 0 aliphatic heterocycles. The molecule has 0 unspecified atom stereocenters. The Balaban J connectivity index is 1.92. The number of aryl methyl sites for hydroxylation is 1. The molecular formula is C22H13F2NS. The van der Waals surface area contributed by atoms with Crippen molar-refractivity contribution in [3.63, 3.8) is 0 Å². The standard InChI is InChI=1S/C22H13F2NS/c1-15-2-7-17(8-3-15)18-12-21(23)20(22(24)13-18)11-6-16-4-9-19(10-5-16)25-14-26/h2-5,7-10,12-13H,1H3. The van der Waals surface area contributed by atoms with Crippen LogP contribution < -0.4 is 0 Å². The molecular weight excluding hydrogens is 348 g/mol. The van der Waals surface area contributed by atoms with E-state index in [0.717, 1.165) is 11.1 Å². The fourth-order valence-corrected chi connectivity index (χ4v) is 2.52. The molecule has 4 heteroatoms. The highest BCUT2D eigenvalue weighted by molar-refractivity contribution is 7.78. The summed E-state index contributed by atoms with van der Waals surface area (Å²) in [7, 11) is 0. The van der Waals surface area contributed by atoms with E-state index < -0.39 is 11.6 Å². The zero-order valence-electron chi connectivity index (χ0n) is 13.9. The Kier molecular flexibility index (Phi) is 5.34. The van der Waals surface area contributed by atoms with Crippen LogP contribution in [0.2, 0.25) is 0 Å². The molecule has 3 aromatic rings. The highest BCUT2D eigenvalue weighted by Gasteiger charge is 2.10. The highest BCUT2D eigenvalue weighted by atomic mass is 32.1. The Morgan fingerprint density at radius 1 is 0.808 bits per heavy atom. The van der Waals surface area contributed by atoms with E-state index in [9.17, 15) is 8.78 Å². The van der Waals surface area contributed by atoms with Crippen molar-refractivity contribution in [2.45, 2.75) is 6.92 Å². The van der Waals surface area contributed by atoms with Crippen molar-refractivity contribution < 1.29 is 8.78 Å². The number of rotatable bonds is 2. The van der Waals surface area contributed by atoms with Crippen molar-refractivity contribution in [3.8, 4) is 23.0 Å². The van der Waals surface area contributed by atoms with E-state index in [-0.39, 0.29) is 5.56 Å². The highest BCUT2D eigenvalue weighted by Crippen LogP contribution is 2.24. The average Bonchev–Trinajstić information content (AvgIpc) is 2.63. The third-order valence-electron chi connectivity index (χ3n) is 3.80. The summed E-state index contributed by atoms with van der Waals surface area (Å²) in [5, 5.41) is 2.27. The lowest BCUT2D eigenvalue weighted by Gasteiger charge is -2.05. The number of hydrogen-bond donors (Lipinski definition) is 0. The van der Waals surface area contributed by atoms with E-state index in [1.165, 1.54) is 12.1 Å². The summed E-state index contributed by atoms with van der Waals surface area (Å²) in [6, 6.07) is 16.9. The van der Waals surface area contributed by atoms with Gasteiger partial charge in [0.2, 0.25) is 0 Å². The van der Waals surface area contributed by atoms with Gasteiger partial charge in [0.1, 0.15) is 11.6 Å². The monoisotopic (exact) mass is 361 g/mol. The van der Waals surface area contributed by atoms with Crippen LogP contribution in [0.15, 0.2) is 65.7 Å². The second kappa shape index (κ2) is 7.84. The van der Waals surface area contributed by atoms with Crippen molar-refractivity contribution in [1.82, 2.24) is 0 Å². The smallest absolute Gasteiger partial charge is 0.142 e. The molecule has 126 valence electrons. The summed E-state index contributed by atoms with van der Waals surface area (Å²) in [5.41, 5.74) is 3.33. The van der Waals surface area contributed by atoms with Gasteiger partial charge in [0.05, 0.1) is 16.4 Å². The number of nitrogens with zero attached hydrogens (tertiary/aromatic N) is 1. The van der Waals surface area contributed by atoms with Gasteiger partial charge >= 0.3 is 0 Å². The molecule has 0 saturated heterocycles. The van der Waals surface area contributed by atoms with Gasteiger partial charge in [0.25, 0.3) is 0 Å². The quantitative estimate of drug-likeness (QED) is 0.306. The van der Waals surface area contributed by atoms with Gasteiger partial charge in [-0.15, -0.1) is 0 Å². The fourth-order valence-electron chi connectivity index (χ4n) is 2.41. The van der Waals surface area contributed by atoms with Crippen LogP contribution in [0.25, 0.3) is 11.1 Å². The number of benzene rings is 3. The summed E-state index contributed by atoms with van der Waals surface area (Å²) in [6.45, 7) is 1.96. The lowest BCUT2D eigenvalue weighted by Crippen LogP contribution is -1.92. The molecule has 0 spiro atoms. The van der Waals surface area contributed by atoms with Crippen LogP contribution in [0.4, 0.5) is 14.5 Å². The van der Waals surface area contributed by atoms with Gasteiger partial charge in [0.15, 0.2) is 0 Å². The van der Waals surface area contributed by atoms with E-state index in [1.807, 2.05) is 31.2 Å². The molecule has 0 heterocycles. The number of halogens is 2. The summed E-state index contributed by atoms with van der Waals surface area (Å²) in [4.78, 5) is 3.83. The lowest BCUT2D eigenvalue weighted by atomic mass is 10.0. The average molecular weight is 361 g/mol. The van der Waals surface area contributed by atoms with Crippen LogP contribution in [0.1, 0.15) is 16.7 Å². The first-order valence-electron chi connectivity index (χ1n) is 7.83. The van der Waals surface area contributed by atoms with Crippen LogP contribution >= 0.6 is 12.2 Å². The Morgan fingerprint density at radius 2 is 1.42 bits per heavy atom. The SMILES string of the molecule is Cc1ccc(-c2cc(F)c(C#Cc3ccc(N=C=S)cc3)c(F)c2)cc1. The van der Waals surface area contributed by atoms with Gasteiger partial charge in [-0.25, -0.2) is 8.78 Å². The first kappa shape index (κ1) is 17.7. The zero-order valence-corrected chi connectivity index (χ0v) is 14.7. The minimum Gasteiger partial charge on any atom is -0.205 e. The largest absolute Gasteiger partial charge is 0.205 e. The van der Waals surface area contributed by atoms with Crippen molar-refractivity contribution in [3.05, 3.63) is 89.0 Å². The molecule has 0 saturated carbocycles. The molecule has 3 rings (SSSR count). The minimum atomic E-state index is -0.685. The maximum Gasteiger partial charge on any atom is 0.142 e. The first-order valence-corrected chi connectivity index (χ1v) is 8.23. The van der Waals surface area contributed by atoms with Gasteiger partial charge in [-0.1, -0.05) is 41.7 Å². The van der Waals surface area contributed by atoms with Gasteiger partial charge in [-0.2, -0.15) is 4.99 Å². The second-order valence-electron chi connectivity index (χ2n) is 5.68. The summed E-state index contributed by atoms with van der Waals surface area (Å²) in [5.74, 6) is 3.96. The van der Waals surface area contributed by atoms with E-state index in [1.54, 1.807) is 24.3 Å². The normalized spacial score (nSPS) is 9.81. The molecule has 0 bridgehead atoms. The first-order chi connectivity index (χ1) is 12.6. The molecule has 0 aliphatic rings. The van der Waals surface area contributed by atoms with Crippen molar-refractivity contribution in [2.75, 3.05) is 0 Å². The number of aliphatic imine (C=N–C) groups is 1. The van der Waals surface area contributed by atoms with Gasteiger partial charge in [-0.05, 0) is 66.7 Å².